The highest BCUT2D eigenvalue weighted by Gasteiger charge is 2.11. The molecule has 0 unspecified atom stereocenters. The Kier molecular flexibility index (Phi) is 3.40. The van der Waals surface area contributed by atoms with Gasteiger partial charge in [-0.25, -0.2) is 4.79 Å². The quantitative estimate of drug-likeness (QED) is 0.502. The second-order valence-corrected chi connectivity index (χ2v) is 4.81. The molecule has 0 saturated carbocycles. The van der Waals surface area contributed by atoms with Crippen LogP contribution in [0.25, 0.3) is 10.8 Å². The number of benzene rings is 3. The van der Waals surface area contributed by atoms with Crippen molar-refractivity contribution in [3.63, 3.8) is 0 Å². The molecular formula is C17H11ClO2. The summed E-state index contributed by atoms with van der Waals surface area (Å²) in [4.78, 5) is 12.3. The van der Waals surface area contributed by atoms with Gasteiger partial charge in [0, 0.05) is 5.02 Å². The zero-order valence-corrected chi connectivity index (χ0v) is 11.3. The Hall–Kier alpha value is -2.32. The SMILES string of the molecule is O=C(Oc1ccc(Cl)cc1)c1cccc2ccccc12. The van der Waals surface area contributed by atoms with Gasteiger partial charge in [0.1, 0.15) is 5.75 Å². The third-order valence-electron chi connectivity index (χ3n) is 3.03. The normalized spacial score (nSPS) is 10.4. The molecule has 0 saturated heterocycles. The Morgan fingerprint density at radius 3 is 2.35 bits per heavy atom. The van der Waals surface area contributed by atoms with E-state index in [2.05, 4.69) is 0 Å². The van der Waals surface area contributed by atoms with E-state index in [0.29, 0.717) is 16.3 Å². The summed E-state index contributed by atoms with van der Waals surface area (Å²) in [6.07, 6.45) is 0. The molecule has 0 aliphatic carbocycles. The van der Waals surface area contributed by atoms with Gasteiger partial charge >= 0.3 is 5.97 Å². The predicted octanol–water partition coefficient (Wildman–Crippen LogP) is 4.71. The average Bonchev–Trinajstić information content (AvgIpc) is 2.49. The molecule has 3 rings (SSSR count). The molecule has 2 nitrogen and oxygen atoms in total. The second kappa shape index (κ2) is 5.35. The summed E-state index contributed by atoms with van der Waals surface area (Å²) < 4.78 is 5.37. The Morgan fingerprint density at radius 1 is 0.850 bits per heavy atom. The molecule has 0 fully saturated rings. The van der Waals surface area contributed by atoms with Crippen LogP contribution in [0.3, 0.4) is 0 Å². The van der Waals surface area contributed by atoms with E-state index in [1.807, 2.05) is 36.4 Å². The number of hydrogen-bond donors (Lipinski definition) is 0. The highest BCUT2D eigenvalue weighted by molar-refractivity contribution is 6.30. The fourth-order valence-electron chi connectivity index (χ4n) is 2.07. The fourth-order valence-corrected chi connectivity index (χ4v) is 2.19. The minimum absolute atomic E-state index is 0.371. The lowest BCUT2D eigenvalue weighted by atomic mass is 10.0. The summed E-state index contributed by atoms with van der Waals surface area (Å²) in [6, 6.07) is 20.0. The minimum Gasteiger partial charge on any atom is -0.423 e. The first-order valence-electron chi connectivity index (χ1n) is 6.19. The molecule has 0 radical (unpaired) electrons. The molecule has 20 heavy (non-hydrogen) atoms. The maximum atomic E-state index is 12.3. The zero-order valence-electron chi connectivity index (χ0n) is 10.5. The van der Waals surface area contributed by atoms with Gasteiger partial charge in [0.2, 0.25) is 0 Å². The van der Waals surface area contributed by atoms with Gasteiger partial charge in [-0.05, 0) is 41.1 Å². The van der Waals surface area contributed by atoms with Crippen LogP contribution in [0.4, 0.5) is 0 Å². The van der Waals surface area contributed by atoms with Crippen molar-refractivity contribution in [3.05, 3.63) is 77.3 Å². The minimum atomic E-state index is -0.371. The highest BCUT2D eigenvalue weighted by atomic mass is 35.5. The van der Waals surface area contributed by atoms with Gasteiger partial charge in [-0.1, -0.05) is 48.0 Å². The van der Waals surface area contributed by atoms with Crippen LogP contribution >= 0.6 is 11.6 Å². The topological polar surface area (TPSA) is 26.3 Å². The number of ether oxygens (including phenoxy) is 1. The molecule has 0 heterocycles. The van der Waals surface area contributed by atoms with Crippen LogP contribution in [0.1, 0.15) is 10.4 Å². The van der Waals surface area contributed by atoms with Crippen molar-refractivity contribution in [3.8, 4) is 5.75 Å². The summed E-state index contributed by atoms with van der Waals surface area (Å²) >= 11 is 5.80. The van der Waals surface area contributed by atoms with E-state index in [-0.39, 0.29) is 5.97 Å². The number of fused-ring (bicyclic) bond motifs is 1. The van der Waals surface area contributed by atoms with Gasteiger partial charge in [0.05, 0.1) is 5.56 Å². The van der Waals surface area contributed by atoms with Crippen molar-refractivity contribution in [1.29, 1.82) is 0 Å². The Morgan fingerprint density at radius 2 is 1.55 bits per heavy atom. The molecule has 0 spiro atoms. The molecule has 0 bridgehead atoms. The first-order valence-corrected chi connectivity index (χ1v) is 6.57. The maximum absolute atomic E-state index is 12.3. The smallest absolute Gasteiger partial charge is 0.344 e. The molecular weight excluding hydrogens is 272 g/mol. The molecule has 0 N–H and O–H groups in total. The van der Waals surface area contributed by atoms with Crippen molar-refractivity contribution < 1.29 is 9.53 Å². The lowest BCUT2D eigenvalue weighted by molar-refractivity contribution is 0.0737. The third kappa shape index (κ3) is 2.51. The number of carbonyl (C=O) groups is 1. The molecule has 3 aromatic carbocycles. The van der Waals surface area contributed by atoms with Gasteiger partial charge in [-0.2, -0.15) is 0 Å². The number of carbonyl (C=O) groups excluding carboxylic acids is 1. The Bertz CT molecular complexity index is 758. The van der Waals surface area contributed by atoms with Crippen molar-refractivity contribution in [2.45, 2.75) is 0 Å². The summed E-state index contributed by atoms with van der Waals surface area (Å²) in [5, 5.41) is 2.50. The van der Waals surface area contributed by atoms with E-state index < -0.39 is 0 Å². The zero-order chi connectivity index (χ0) is 13.9. The van der Waals surface area contributed by atoms with Crippen LogP contribution in [0.15, 0.2) is 66.7 Å². The van der Waals surface area contributed by atoms with Gasteiger partial charge < -0.3 is 4.74 Å². The van der Waals surface area contributed by atoms with Crippen molar-refractivity contribution in [2.75, 3.05) is 0 Å². The van der Waals surface area contributed by atoms with Gasteiger partial charge in [0.15, 0.2) is 0 Å². The van der Waals surface area contributed by atoms with Gasteiger partial charge in [-0.15, -0.1) is 0 Å². The fraction of sp³-hybridized carbons (Fsp3) is 0. The third-order valence-corrected chi connectivity index (χ3v) is 3.29. The largest absolute Gasteiger partial charge is 0.423 e. The van der Waals surface area contributed by atoms with E-state index in [9.17, 15) is 4.79 Å². The molecule has 3 heteroatoms. The summed E-state index contributed by atoms with van der Waals surface area (Å²) in [5.41, 5.74) is 0.554. The van der Waals surface area contributed by atoms with Crippen LogP contribution in [0.5, 0.6) is 5.75 Å². The van der Waals surface area contributed by atoms with Crippen LogP contribution in [-0.2, 0) is 0 Å². The lowest BCUT2D eigenvalue weighted by Gasteiger charge is -2.07. The molecule has 0 atom stereocenters. The van der Waals surface area contributed by atoms with Crippen LogP contribution < -0.4 is 4.74 Å². The van der Waals surface area contributed by atoms with Gasteiger partial charge in [0.25, 0.3) is 0 Å². The van der Waals surface area contributed by atoms with Gasteiger partial charge in [-0.3, -0.25) is 0 Å². The predicted molar refractivity (Wildman–Crippen MR) is 80.4 cm³/mol. The Balaban J connectivity index is 1.94. The maximum Gasteiger partial charge on any atom is 0.344 e. The van der Waals surface area contributed by atoms with Crippen molar-refractivity contribution >= 4 is 28.3 Å². The monoisotopic (exact) mass is 282 g/mol. The first kappa shape index (κ1) is 12.7. The highest BCUT2D eigenvalue weighted by Crippen LogP contribution is 2.21. The van der Waals surface area contributed by atoms with Crippen molar-refractivity contribution in [2.24, 2.45) is 0 Å². The van der Waals surface area contributed by atoms with Crippen LogP contribution in [0.2, 0.25) is 5.02 Å². The molecule has 0 amide bonds. The number of halogens is 1. The van der Waals surface area contributed by atoms with Crippen molar-refractivity contribution in [1.82, 2.24) is 0 Å². The summed E-state index contributed by atoms with van der Waals surface area (Å²) in [7, 11) is 0. The van der Waals surface area contributed by atoms with E-state index >= 15 is 0 Å². The number of rotatable bonds is 2. The summed E-state index contributed by atoms with van der Waals surface area (Å²) in [6.45, 7) is 0. The number of hydrogen-bond acceptors (Lipinski definition) is 2. The lowest BCUT2D eigenvalue weighted by Crippen LogP contribution is -2.08. The van der Waals surface area contributed by atoms with Crippen LogP contribution in [-0.4, -0.2) is 5.97 Å². The van der Waals surface area contributed by atoms with E-state index in [1.165, 1.54) is 0 Å². The van der Waals surface area contributed by atoms with E-state index in [4.69, 9.17) is 16.3 Å². The first-order chi connectivity index (χ1) is 9.74. The number of esters is 1. The molecule has 0 aliphatic rings. The standard InChI is InChI=1S/C17H11ClO2/c18-13-8-10-14(11-9-13)20-17(19)16-7-3-5-12-4-1-2-6-15(12)16/h1-11H. The molecule has 0 aliphatic heterocycles. The Labute approximate surface area is 121 Å². The second-order valence-electron chi connectivity index (χ2n) is 4.37. The summed E-state index contributed by atoms with van der Waals surface area (Å²) in [5.74, 6) is 0.108. The molecule has 0 aromatic heterocycles. The van der Waals surface area contributed by atoms with Crippen LogP contribution in [0, 0.1) is 0 Å². The molecule has 3 aromatic rings. The van der Waals surface area contributed by atoms with E-state index in [1.54, 1.807) is 30.3 Å². The van der Waals surface area contributed by atoms with E-state index in [0.717, 1.165) is 10.8 Å². The average molecular weight is 283 g/mol. The molecule has 98 valence electrons.